The predicted octanol–water partition coefficient (Wildman–Crippen LogP) is 4.92. The zero-order valence-electron chi connectivity index (χ0n) is 56.0. The minimum absolute atomic E-state index is 0.0122. The van der Waals surface area contributed by atoms with Gasteiger partial charge in [-0.15, -0.1) is 0 Å². The molecule has 2 aromatic carbocycles. The third-order valence-electron chi connectivity index (χ3n) is 16.9. The van der Waals surface area contributed by atoms with Gasteiger partial charge in [0.15, 0.2) is 0 Å². The summed E-state index contributed by atoms with van der Waals surface area (Å²) in [5.41, 5.74) is -2.72. The van der Waals surface area contributed by atoms with E-state index in [-0.39, 0.29) is 55.9 Å². The topological polar surface area (TPSA) is 259 Å². The predicted molar refractivity (Wildman–Crippen MR) is 336 cm³/mol. The molecule has 1 aliphatic heterocycles. The number of hydrogen-bond acceptors (Lipinski definition) is 11. The van der Waals surface area contributed by atoms with E-state index in [1.54, 1.807) is 65.8 Å². The second-order valence-corrected chi connectivity index (χ2v) is 26.3. The van der Waals surface area contributed by atoms with E-state index in [0.29, 0.717) is 29.1 Å². The van der Waals surface area contributed by atoms with Gasteiger partial charge in [-0.1, -0.05) is 91.6 Å². The van der Waals surface area contributed by atoms with Crippen LogP contribution in [0.2, 0.25) is 5.02 Å². The number of nitrogens with zero attached hydrogens (tertiary/aromatic N) is 7. The molecule has 22 nitrogen and oxygen atoms in total. The lowest BCUT2D eigenvalue weighted by Gasteiger charge is -2.39. The molecule has 1 saturated heterocycles. The van der Waals surface area contributed by atoms with Gasteiger partial charge in [0.25, 0.3) is 0 Å². The quantitative estimate of drug-likeness (QED) is 0.207. The number of alkyl halides is 3. The number of hydrogen-bond donors (Lipinski definition) is 4. The molecule has 508 valence electrons. The van der Waals surface area contributed by atoms with Crippen LogP contribution in [0.3, 0.4) is 0 Å². The Morgan fingerprint density at radius 3 is 1.68 bits per heavy atom. The van der Waals surface area contributed by atoms with Crippen molar-refractivity contribution >= 4 is 76.6 Å². The summed E-state index contributed by atoms with van der Waals surface area (Å²) in [6, 6.07) is -0.0501. The van der Waals surface area contributed by atoms with Crippen LogP contribution in [-0.2, 0) is 71.8 Å². The van der Waals surface area contributed by atoms with Crippen molar-refractivity contribution in [2.75, 3.05) is 69.0 Å². The van der Waals surface area contributed by atoms with Gasteiger partial charge in [-0.3, -0.25) is 52.7 Å². The maximum atomic E-state index is 14.9. The molecule has 3 rings (SSSR count). The van der Waals surface area contributed by atoms with E-state index < -0.39 is 162 Å². The molecule has 11 amide bonds. The highest BCUT2D eigenvalue weighted by molar-refractivity contribution is 6.30. The first-order chi connectivity index (χ1) is 42.0. The van der Waals surface area contributed by atoms with Crippen LogP contribution >= 0.6 is 11.6 Å². The molecular formula is C64H96ClF4N11O11. The van der Waals surface area contributed by atoms with Crippen molar-refractivity contribution in [1.29, 1.82) is 0 Å². The highest BCUT2D eigenvalue weighted by Crippen LogP contribution is 2.32. The van der Waals surface area contributed by atoms with Gasteiger partial charge in [0.2, 0.25) is 65.0 Å². The number of carbonyl (C=O) groups is 11. The number of amides is 11. The fraction of sp³-hybridized carbons (Fsp3) is 0.641. The number of nitrogens with one attached hydrogen (secondary N) is 4. The first-order valence-corrected chi connectivity index (χ1v) is 31.0. The van der Waals surface area contributed by atoms with Gasteiger partial charge in [0.05, 0.1) is 25.2 Å². The molecule has 0 aliphatic carbocycles. The molecule has 2 aromatic rings. The highest BCUT2D eigenvalue weighted by Gasteiger charge is 2.43. The second kappa shape index (κ2) is 33.8. The first-order valence-electron chi connectivity index (χ1n) is 30.7. The summed E-state index contributed by atoms with van der Waals surface area (Å²) < 4.78 is 55.6. The van der Waals surface area contributed by atoms with E-state index >= 15 is 0 Å². The van der Waals surface area contributed by atoms with Gasteiger partial charge < -0.3 is 55.6 Å². The maximum Gasteiger partial charge on any atom is 0.419 e. The number of halogens is 5. The Hall–Kier alpha value is -7.38. The summed E-state index contributed by atoms with van der Waals surface area (Å²) in [5.74, 6) is -11.1. The summed E-state index contributed by atoms with van der Waals surface area (Å²) in [7, 11) is 9.49. The summed E-state index contributed by atoms with van der Waals surface area (Å²) in [5, 5.41) is 11.3. The summed E-state index contributed by atoms with van der Waals surface area (Å²) in [6.07, 6.45) is -5.53. The number of benzene rings is 2. The van der Waals surface area contributed by atoms with Crippen LogP contribution in [-0.4, -0.2) is 216 Å². The Bertz CT molecular complexity index is 2930. The van der Waals surface area contributed by atoms with Crippen molar-refractivity contribution in [3.05, 3.63) is 70.0 Å². The standard InChI is InChI=1S/C64H96ClF4N11O11/c1-19-39(8)55-60(89)76(14)34-52(83)74(12)35-53(84)79(17)49(32-42-20-24-43(65)25-21-42)59(88)75(13)33-50(81)70-46(27-23-41-22-26-44(45(66)31-41)64(67,68)69)56(85)71-47(28-36(2)3)58(87)80(18)63(10,11)62(91)73-54(38(6)7)61(90)77(15)40(9)30-51(82)78(16)48(29-37(4)5)57(86)72-55/h20-22,24-26,31,36-40,46-49,54-55H,19,23,27-30,32-35H2,1-18H3,(H,70,81)(H,71,85)(H,72,86)(H,73,91)/t39-,40+,46-,47-,48-,49-,54-,55-/m0/s1. The van der Waals surface area contributed by atoms with Gasteiger partial charge in [0.1, 0.15) is 47.6 Å². The molecule has 27 heteroatoms. The van der Waals surface area contributed by atoms with E-state index in [0.717, 1.165) is 30.6 Å². The molecule has 91 heavy (non-hydrogen) atoms. The molecule has 0 bridgehead atoms. The molecule has 1 fully saturated rings. The second-order valence-electron chi connectivity index (χ2n) is 25.8. The molecule has 8 atom stereocenters. The van der Waals surface area contributed by atoms with Crippen LogP contribution in [0.15, 0.2) is 42.5 Å². The lowest BCUT2D eigenvalue weighted by Crippen LogP contribution is -2.63. The van der Waals surface area contributed by atoms with Crippen molar-refractivity contribution in [2.24, 2.45) is 23.7 Å². The lowest BCUT2D eigenvalue weighted by molar-refractivity contribution is -0.149. The van der Waals surface area contributed by atoms with Gasteiger partial charge in [-0.25, -0.2) is 4.39 Å². The van der Waals surface area contributed by atoms with Crippen LogP contribution in [0.1, 0.15) is 125 Å². The van der Waals surface area contributed by atoms with Crippen molar-refractivity contribution in [3.63, 3.8) is 0 Å². The summed E-state index contributed by atoms with van der Waals surface area (Å²) in [6.45, 7) is 16.7. The Labute approximate surface area is 538 Å². The monoisotopic (exact) mass is 1310 g/mol. The Balaban J connectivity index is 2.23. The van der Waals surface area contributed by atoms with E-state index in [1.807, 2.05) is 20.8 Å². The van der Waals surface area contributed by atoms with Crippen molar-refractivity contribution < 1.29 is 70.3 Å². The number of aryl methyl sites for hydroxylation is 1. The Morgan fingerprint density at radius 2 is 1.14 bits per heavy atom. The number of rotatable bonds is 12. The molecule has 0 saturated carbocycles. The van der Waals surface area contributed by atoms with Crippen LogP contribution in [0, 0.1) is 29.5 Å². The zero-order valence-corrected chi connectivity index (χ0v) is 56.7. The first kappa shape index (κ1) is 77.9. The summed E-state index contributed by atoms with van der Waals surface area (Å²) in [4.78, 5) is 166. The fourth-order valence-electron chi connectivity index (χ4n) is 10.2. The molecule has 1 aliphatic rings. The van der Waals surface area contributed by atoms with E-state index in [1.165, 1.54) is 73.0 Å². The lowest BCUT2D eigenvalue weighted by atomic mass is 9.95. The average molecular weight is 1310 g/mol. The van der Waals surface area contributed by atoms with Crippen molar-refractivity contribution in [1.82, 2.24) is 55.6 Å². The smallest absolute Gasteiger partial charge is 0.343 e. The SMILES string of the molecule is CC[C@H](C)[C@@H]1NC(=O)[C@H](CC(C)C)N(C)C(=O)C[C@@H](C)N(C)C(=O)[C@H](C(C)C)NC(=O)C(C)(C)N(C)C(=O)[C@H](CC(C)C)NC(=O)[C@H](CCc2ccc(C(F)(F)F)c(F)c2)NC(=O)CN(C)C(=O)[C@H](Cc2ccc(Cl)cc2)N(C)C(=O)CN(C)C(=O)CN(C)C1=O. The largest absolute Gasteiger partial charge is 0.419 e. The molecule has 0 radical (unpaired) electrons. The van der Waals surface area contributed by atoms with Gasteiger partial charge in [0, 0.05) is 73.2 Å². The molecule has 0 unspecified atom stereocenters. The van der Waals surface area contributed by atoms with E-state index in [4.69, 9.17) is 11.6 Å². The van der Waals surface area contributed by atoms with E-state index in [2.05, 4.69) is 21.3 Å². The Kier molecular flexibility index (Phi) is 28.9. The number of likely N-dealkylation sites (N-methyl/N-ethyl adjacent to an activating group) is 7. The normalized spacial score (nSPS) is 23.6. The molecular weight excluding hydrogens is 1210 g/mol. The molecule has 0 spiro atoms. The minimum Gasteiger partial charge on any atom is -0.343 e. The zero-order chi connectivity index (χ0) is 69.5. The van der Waals surface area contributed by atoms with Gasteiger partial charge in [-0.2, -0.15) is 13.2 Å². The van der Waals surface area contributed by atoms with Gasteiger partial charge >= 0.3 is 6.18 Å². The van der Waals surface area contributed by atoms with Crippen LogP contribution < -0.4 is 21.3 Å². The fourth-order valence-corrected chi connectivity index (χ4v) is 10.3. The minimum atomic E-state index is -5.01. The molecule has 1 heterocycles. The van der Waals surface area contributed by atoms with Crippen molar-refractivity contribution in [3.8, 4) is 0 Å². The maximum absolute atomic E-state index is 14.9. The molecule has 0 aromatic heterocycles. The van der Waals surface area contributed by atoms with Crippen molar-refractivity contribution in [2.45, 2.75) is 175 Å². The number of carbonyl (C=O) groups excluding carboxylic acids is 11. The Morgan fingerprint density at radius 1 is 0.593 bits per heavy atom. The highest BCUT2D eigenvalue weighted by atomic mass is 35.5. The molecule has 4 N–H and O–H groups in total. The third kappa shape index (κ3) is 21.9. The average Bonchev–Trinajstić information content (AvgIpc) is 0.947. The summed E-state index contributed by atoms with van der Waals surface area (Å²) >= 11 is 6.18. The van der Waals surface area contributed by atoms with Gasteiger partial charge in [-0.05, 0) is 106 Å². The van der Waals surface area contributed by atoms with E-state index in [9.17, 15) is 70.3 Å². The van der Waals surface area contributed by atoms with Crippen LogP contribution in [0.5, 0.6) is 0 Å². The van der Waals surface area contributed by atoms with Crippen LogP contribution in [0.4, 0.5) is 17.6 Å². The van der Waals surface area contributed by atoms with Crippen LogP contribution in [0.25, 0.3) is 0 Å². The third-order valence-corrected chi connectivity index (χ3v) is 17.1.